The summed E-state index contributed by atoms with van der Waals surface area (Å²) in [5, 5.41) is 8.51. The van der Waals surface area contributed by atoms with Crippen molar-refractivity contribution in [3.8, 4) is 5.75 Å². The van der Waals surface area contributed by atoms with Crippen molar-refractivity contribution in [3.63, 3.8) is 0 Å². The number of hydrogen-bond acceptors (Lipinski definition) is 5. The van der Waals surface area contributed by atoms with Gasteiger partial charge in [-0.15, -0.1) is 35.3 Å². The second-order valence-corrected chi connectivity index (χ2v) is 7.73. The minimum Gasteiger partial charge on any atom is -0.489 e. The van der Waals surface area contributed by atoms with Crippen LogP contribution in [0, 0.1) is 11.6 Å². The molecule has 0 aliphatic carbocycles. The Labute approximate surface area is 203 Å². The molecule has 2 aromatic rings. The van der Waals surface area contributed by atoms with Crippen molar-refractivity contribution in [2.24, 2.45) is 4.99 Å². The molecule has 2 heterocycles. The Hall–Kier alpha value is -1.50. The fourth-order valence-electron chi connectivity index (χ4n) is 3.20. The van der Waals surface area contributed by atoms with Crippen LogP contribution >= 0.6 is 35.3 Å². The molecule has 0 saturated carbocycles. The molecule has 1 aromatic carbocycles. The van der Waals surface area contributed by atoms with Gasteiger partial charge in [-0.25, -0.2) is 8.78 Å². The van der Waals surface area contributed by atoms with Crippen LogP contribution in [-0.4, -0.2) is 63.4 Å². The van der Waals surface area contributed by atoms with Gasteiger partial charge in [-0.05, 0) is 30.5 Å². The monoisotopic (exact) mass is 566 g/mol. The lowest BCUT2D eigenvalue weighted by Crippen LogP contribution is -2.42. The number of nitrogens with one attached hydrogen (secondary N) is 2. The number of benzene rings is 1. The van der Waals surface area contributed by atoms with E-state index in [1.807, 2.05) is 6.92 Å². The zero-order chi connectivity index (χ0) is 21.2. The summed E-state index contributed by atoms with van der Waals surface area (Å²) in [6.45, 7) is 7.25. The number of thiophene rings is 1. The SMILES string of the molecule is CCNC(=NCC(c1cccs1)N1CCOCC1)NCCOc1ccc(F)cc1F.I. The van der Waals surface area contributed by atoms with Gasteiger partial charge in [0.05, 0.1) is 32.3 Å². The van der Waals surface area contributed by atoms with Crippen LogP contribution in [0.1, 0.15) is 17.8 Å². The maximum absolute atomic E-state index is 13.6. The van der Waals surface area contributed by atoms with Crippen molar-refractivity contribution in [1.29, 1.82) is 0 Å². The van der Waals surface area contributed by atoms with Crippen LogP contribution in [0.15, 0.2) is 40.7 Å². The maximum Gasteiger partial charge on any atom is 0.191 e. The first-order valence-corrected chi connectivity index (χ1v) is 11.0. The molecule has 2 N–H and O–H groups in total. The summed E-state index contributed by atoms with van der Waals surface area (Å²) in [6, 6.07) is 7.68. The lowest BCUT2D eigenvalue weighted by atomic mass is 10.2. The summed E-state index contributed by atoms with van der Waals surface area (Å²) < 4.78 is 37.5. The zero-order valence-corrected chi connectivity index (χ0v) is 20.6. The Bertz CT molecular complexity index is 805. The number of rotatable bonds is 9. The molecule has 1 unspecified atom stereocenters. The topological polar surface area (TPSA) is 58.1 Å². The third kappa shape index (κ3) is 8.17. The van der Waals surface area contributed by atoms with Gasteiger partial charge in [0, 0.05) is 30.6 Å². The number of hydrogen-bond donors (Lipinski definition) is 2. The molecule has 172 valence electrons. The summed E-state index contributed by atoms with van der Waals surface area (Å²) in [4.78, 5) is 8.45. The van der Waals surface area contributed by atoms with E-state index in [1.54, 1.807) is 11.3 Å². The molecule has 1 aromatic heterocycles. The van der Waals surface area contributed by atoms with E-state index in [4.69, 9.17) is 14.5 Å². The minimum absolute atomic E-state index is 0. The highest BCUT2D eigenvalue weighted by Crippen LogP contribution is 2.26. The van der Waals surface area contributed by atoms with E-state index in [-0.39, 0.29) is 42.4 Å². The third-order valence-electron chi connectivity index (χ3n) is 4.67. The van der Waals surface area contributed by atoms with E-state index in [9.17, 15) is 8.78 Å². The first kappa shape index (κ1) is 25.8. The van der Waals surface area contributed by atoms with Gasteiger partial charge in [0.25, 0.3) is 0 Å². The van der Waals surface area contributed by atoms with Crippen LogP contribution in [0.2, 0.25) is 0 Å². The van der Waals surface area contributed by atoms with Crippen molar-refractivity contribution < 1.29 is 18.3 Å². The standard InChI is InChI=1S/C21H28F2N4O2S.HI/c1-2-24-21(25-7-10-29-19-6-5-16(22)14-17(19)23)26-15-18(20-4-3-13-30-20)27-8-11-28-12-9-27;/h3-6,13-14,18H,2,7-12,15H2,1H3,(H2,24,25,26);1H. The van der Waals surface area contributed by atoms with Gasteiger partial charge >= 0.3 is 0 Å². The highest BCUT2D eigenvalue weighted by atomic mass is 127. The first-order valence-electron chi connectivity index (χ1n) is 10.1. The summed E-state index contributed by atoms with van der Waals surface area (Å²) in [6.07, 6.45) is 0. The van der Waals surface area contributed by atoms with Crippen LogP contribution in [0.4, 0.5) is 8.78 Å². The lowest BCUT2D eigenvalue weighted by molar-refractivity contribution is 0.0186. The van der Waals surface area contributed by atoms with Gasteiger partial charge in [-0.2, -0.15) is 0 Å². The predicted molar refractivity (Wildman–Crippen MR) is 131 cm³/mol. The zero-order valence-electron chi connectivity index (χ0n) is 17.5. The van der Waals surface area contributed by atoms with Gasteiger partial charge in [0.1, 0.15) is 12.4 Å². The average Bonchev–Trinajstić information content (AvgIpc) is 3.28. The number of aliphatic imine (C=N–C) groups is 1. The van der Waals surface area contributed by atoms with E-state index >= 15 is 0 Å². The maximum atomic E-state index is 13.6. The van der Waals surface area contributed by atoms with Crippen LogP contribution < -0.4 is 15.4 Å². The Balaban J connectivity index is 0.00000341. The van der Waals surface area contributed by atoms with Gasteiger partial charge < -0.3 is 20.1 Å². The van der Waals surface area contributed by atoms with E-state index < -0.39 is 11.6 Å². The fraction of sp³-hybridized carbons (Fsp3) is 0.476. The molecule has 1 fully saturated rings. The fourth-order valence-corrected chi connectivity index (χ4v) is 4.05. The smallest absolute Gasteiger partial charge is 0.191 e. The molecule has 1 saturated heterocycles. The molecule has 1 aliphatic heterocycles. The summed E-state index contributed by atoms with van der Waals surface area (Å²) in [5.41, 5.74) is 0. The molecule has 0 amide bonds. The van der Waals surface area contributed by atoms with Crippen LogP contribution in [0.25, 0.3) is 0 Å². The molecular weight excluding hydrogens is 537 g/mol. The van der Waals surface area contributed by atoms with E-state index in [0.29, 0.717) is 19.0 Å². The normalized spacial score (nSPS) is 15.8. The first-order chi connectivity index (χ1) is 14.7. The quantitative estimate of drug-likeness (QED) is 0.210. The molecule has 0 spiro atoms. The van der Waals surface area contributed by atoms with Crippen LogP contribution in [0.5, 0.6) is 5.75 Å². The van der Waals surface area contributed by atoms with Crippen molar-refractivity contribution in [1.82, 2.24) is 15.5 Å². The van der Waals surface area contributed by atoms with Crippen molar-refractivity contribution in [2.75, 3.05) is 52.5 Å². The Kier molecular flexibility index (Phi) is 11.5. The second-order valence-electron chi connectivity index (χ2n) is 6.75. The van der Waals surface area contributed by atoms with Gasteiger partial charge in [-0.3, -0.25) is 9.89 Å². The van der Waals surface area contributed by atoms with E-state index in [2.05, 4.69) is 33.0 Å². The van der Waals surface area contributed by atoms with Gasteiger partial charge in [-0.1, -0.05) is 6.07 Å². The summed E-state index contributed by atoms with van der Waals surface area (Å²) in [5.74, 6) is -0.624. The van der Waals surface area contributed by atoms with Crippen LogP contribution in [0.3, 0.4) is 0 Å². The Morgan fingerprint density at radius 2 is 2.06 bits per heavy atom. The largest absolute Gasteiger partial charge is 0.489 e. The van der Waals surface area contributed by atoms with Crippen LogP contribution in [-0.2, 0) is 4.74 Å². The third-order valence-corrected chi connectivity index (χ3v) is 5.64. The highest BCUT2D eigenvalue weighted by Gasteiger charge is 2.23. The van der Waals surface area contributed by atoms with Crippen molar-refractivity contribution in [3.05, 3.63) is 52.2 Å². The molecule has 0 bridgehead atoms. The molecule has 3 rings (SSSR count). The molecule has 0 radical (unpaired) electrons. The van der Waals surface area contributed by atoms with E-state index in [1.165, 1.54) is 17.0 Å². The van der Waals surface area contributed by atoms with Gasteiger partial charge in [0.2, 0.25) is 0 Å². The second kappa shape index (κ2) is 13.8. The van der Waals surface area contributed by atoms with Crippen molar-refractivity contribution in [2.45, 2.75) is 13.0 Å². The molecule has 10 heteroatoms. The Morgan fingerprint density at radius 3 is 2.74 bits per heavy atom. The number of morpholine rings is 1. The highest BCUT2D eigenvalue weighted by molar-refractivity contribution is 14.0. The summed E-state index contributed by atoms with van der Waals surface area (Å²) >= 11 is 1.74. The molecule has 1 aliphatic rings. The predicted octanol–water partition coefficient (Wildman–Crippen LogP) is 3.65. The number of nitrogens with zero attached hydrogens (tertiary/aromatic N) is 2. The van der Waals surface area contributed by atoms with Crippen molar-refractivity contribution >= 4 is 41.3 Å². The average molecular weight is 566 g/mol. The minimum atomic E-state index is -0.708. The number of guanidine groups is 1. The Morgan fingerprint density at radius 1 is 1.26 bits per heavy atom. The number of halogens is 3. The molecule has 31 heavy (non-hydrogen) atoms. The molecule has 6 nitrogen and oxygen atoms in total. The molecule has 1 atom stereocenters. The van der Waals surface area contributed by atoms with E-state index in [0.717, 1.165) is 38.9 Å². The summed E-state index contributed by atoms with van der Waals surface area (Å²) in [7, 11) is 0. The lowest BCUT2D eigenvalue weighted by Gasteiger charge is -2.33. The van der Waals surface area contributed by atoms with Gasteiger partial charge in [0.15, 0.2) is 17.5 Å². The number of ether oxygens (including phenoxy) is 2. The molecular formula is C21H29F2IN4O2S.